The van der Waals surface area contributed by atoms with Gasteiger partial charge in [-0.1, -0.05) is 0 Å². The lowest BCUT2D eigenvalue weighted by Gasteiger charge is -2.41. The highest BCUT2D eigenvalue weighted by Gasteiger charge is 2.45. The minimum absolute atomic E-state index is 0.134. The van der Waals surface area contributed by atoms with Crippen molar-refractivity contribution in [2.45, 2.75) is 18.7 Å². The number of nitrogens with zero attached hydrogens (tertiary/aromatic N) is 1. The van der Waals surface area contributed by atoms with Crippen LogP contribution in [0.4, 0.5) is 0 Å². The molecule has 2 atom stereocenters. The minimum atomic E-state index is -2.10. The van der Waals surface area contributed by atoms with E-state index in [1.54, 1.807) is 21.3 Å². The standard InChI is InChI=1S/C9H22N2O3Si/c1-12-9-5-6-10-7-8-11(13-2)15(9,4)14-3/h9-10H,5-8H2,1-4H3. The monoisotopic (exact) mass is 234 g/mol. The van der Waals surface area contributed by atoms with Crippen LogP contribution < -0.4 is 5.32 Å². The molecule has 0 radical (unpaired) electrons. The van der Waals surface area contributed by atoms with Crippen LogP contribution in [0.1, 0.15) is 6.42 Å². The molecule has 1 fully saturated rings. The Balaban J connectivity index is 2.82. The van der Waals surface area contributed by atoms with Crippen LogP contribution in [0.5, 0.6) is 0 Å². The van der Waals surface area contributed by atoms with Crippen molar-refractivity contribution in [2.75, 3.05) is 41.0 Å². The van der Waals surface area contributed by atoms with E-state index in [9.17, 15) is 0 Å². The average Bonchev–Trinajstić information content (AvgIpc) is 2.25. The number of hydrogen-bond donors (Lipinski definition) is 1. The third-order valence-electron chi connectivity index (χ3n) is 3.09. The third-order valence-corrected chi connectivity index (χ3v) is 7.03. The molecule has 15 heavy (non-hydrogen) atoms. The molecule has 0 saturated carbocycles. The zero-order chi connectivity index (χ0) is 11.3. The van der Waals surface area contributed by atoms with E-state index >= 15 is 0 Å². The zero-order valence-corrected chi connectivity index (χ0v) is 11.1. The summed E-state index contributed by atoms with van der Waals surface area (Å²) in [5, 5.41) is 3.34. The molecule has 1 rings (SSSR count). The Bertz CT molecular complexity index is 180. The molecule has 1 heterocycles. The van der Waals surface area contributed by atoms with Gasteiger partial charge in [-0.2, -0.15) is 4.73 Å². The van der Waals surface area contributed by atoms with E-state index in [-0.39, 0.29) is 5.73 Å². The smallest absolute Gasteiger partial charge is 0.321 e. The summed E-state index contributed by atoms with van der Waals surface area (Å²) in [6.07, 6.45) is 0.965. The Morgan fingerprint density at radius 3 is 2.53 bits per heavy atom. The lowest BCUT2D eigenvalue weighted by molar-refractivity contribution is -0.0902. The number of nitrogens with one attached hydrogen (secondary N) is 1. The molecular formula is C9H22N2O3Si. The summed E-state index contributed by atoms with van der Waals surface area (Å²) < 4.78 is 13.2. The van der Waals surface area contributed by atoms with Crippen LogP contribution in [-0.4, -0.2) is 59.9 Å². The van der Waals surface area contributed by atoms with Gasteiger partial charge in [0.15, 0.2) is 0 Å². The van der Waals surface area contributed by atoms with Crippen molar-refractivity contribution >= 4 is 8.48 Å². The van der Waals surface area contributed by atoms with Crippen molar-refractivity contribution in [1.82, 2.24) is 10.0 Å². The highest BCUT2D eigenvalue weighted by molar-refractivity contribution is 6.70. The zero-order valence-electron chi connectivity index (χ0n) is 10.1. The van der Waals surface area contributed by atoms with Gasteiger partial charge < -0.3 is 19.3 Å². The van der Waals surface area contributed by atoms with Gasteiger partial charge in [0.1, 0.15) is 0 Å². The van der Waals surface area contributed by atoms with E-state index in [0.29, 0.717) is 0 Å². The molecule has 1 aliphatic rings. The maximum absolute atomic E-state index is 5.71. The van der Waals surface area contributed by atoms with Gasteiger partial charge in [-0.15, -0.1) is 0 Å². The van der Waals surface area contributed by atoms with Crippen LogP contribution in [0.15, 0.2) is 0 Å². The highest BCUT2D eigenvalue weighted by atomic mass is 28.4. The number of hydroxylamine groups is 1. The van der Waals surface area contributed by atoms with E-state index < -0.39 is 8.48 Å². The fourth-order valence-corrected chi connectivity index (χ4v) is 4.85. The Labute approximate surface area is 92.8 Å². The normalized spacial score (nSPS) is 34.8. The predicted octanol–water partition coefficient (Wildman–Crippen LogP) is 0.116. The summed E-state index contributed by atoms with van der Waals surface area (Å²) in [5.74, 6) is 0. The minimum Gasteiger partial charge on any atom is -0.404 e. The molecule has 1 aliphatic heterocycles. The first-order valence-corrected chi connectivity index (χ1v) is 7.72. The largest absolute Gasteiger partial charge is 0.404 e. The Morgan fingerprint density at radius 2 is 2.00 bits per heavy atom. The summed E-state index contributed by atoms with van der Waals surface area (Å²) >= 11 is 0. The van der Waals surface area contributed by atoms with E-state index in [1.165, 1.54) is 0 Å². The number of ether oxygens (including phenoxy) is 1. The van der Waals surface area contributed by atoms with Crippen LogP contribution in [0.2, 0.25) is 6.55 Å². The molecule has 5 nitrogen and oxygen atoms in total. The quantitative estimate of drug-likeness (QED) is 0.703. The molecule has 0 aliphatic carbocycles. The van der Waals surface area contributed by atoms with Crippen molar-refractivity contribution in [3.05, 3.63) is 0 Å². The SMILES string of the molecule is COC1CCNCCN(OC)[Si]1(C)OC. The molecule has 1 saturated heterocycles. The Hall–Kier alpha value is 0.0169. The van der Waals surface area contributed by atoms with Gasteiger partial charge in [0.2, 0.25) is 0 Å². The summed E-state index contributed by atoms with van der Waals surface area (Å²) in [4.78, 5) is 5.42. The van der Waals surface area contributed by atoms with Gasteiger partial charge in [0, 0.05) is 27.3 Å². The van der Waals surface area contributed by atoms with Crippen molar-refractivity contribution in [3.63, 3.8) is 0 Å². The fraction of sp³-hybridized carbons (Fsp3) is 1.00. The maximum atomic E-state index is 5.71. The van der Waals surface area contributed by atoms with Gasteiger partial charge >= 0.3 is 8.48 Å². The van der Waals surface area contributed by atoms with Gasteiger partial charge in [-0.05, 0) is 19.5 Å². The molecule has 0 aromatic heterocycles. The van der Waals surface area contributed by atoms with Crippen molar-refractivity contribution in [3.8, 4) is 0 Å². The average molecular weight is 234 g/mol. The number of methoxy groups -OCH3 is 1. The number of hydrogen-bond acceptors (Lipinski definition) is 5. The maximum Gasteiger partial charge on any atom is 0.321 e. The van der Waals surface area contributed by atoms with E-state index in [1.807, 2.05) is 4.73 Å². The second-order valence-electron chi connectivity index (χ2n) is 3.81. The van der Waals surface area contributed by atoms with Crippen LogP contribution in [0.25, 0.3) is 0 Å². The van der Waals surface area contributed by atoms with Gasteiger partial charge in [0.25, 0.3) is 0 Å². The van der Waals surface area contributed by atoms with Gasteiger partial charge in [-0.3, -0.25) is 0 Å². The van der Waals surface area contributed by atoms with Crippen molar-refractivity contribution in [2.24, 2.45) is 0 Å². The van der Waals surface area contributed by atoms with Crippen molar-refractivity contribution in [1.29, 1.82) is 0 Å². The lowest BCUT2D eigenvalue weighted by atomic mass is 10.4. The van der Waals surface area contributed by atoms with E-state index in [0.717, 1.165) is 26.1 Å². The molecule has 2 unspecified atom stereocenters. The van der Waals surface area contributed by atoms with Crippen LogP contribution in [-0.2, 0) is 14.0 Å². The molecule has 0 aromatic rings. The Kier molecular flexibility index (Phi) is 5.17. The molecule has 0 bridgehead atoms. The third kappa shape index (κ3) is 2.77. The molecule has 0 spiro atoms. The second-order valence-corrected chi connectivity index (χ2v) is 7.47. The van der Waals surface area contributed by atoms with Crippen molar-refractivity contribution < 1.29 is 14.0 Å². The second kappa shape index (κ2) is 5.93. The molecule has 0 amide bonds. The summed E-state index contributed by atoms with van der Waals surface area (Å²) in [6, 6.07) is 0. The first-order chi connectivity index (χ1) is 7.19. The fourth-order valence-electron chi connectivity index (χ4n) is 2.03. The molecule has 1 N–H and O–H groups in total. The van der Waals surface area contributed by atoms with Gasteiger partial charge in [0.05, 0.1) is 12.8 Å². The molecule has 6 heteroatoms. The van der Waals surface area contributed by atoms with E-state index in [2.05, 4.69) is 11.9 Å². The Morgan fingerprint density at radius 1 is 1.27 bits per heavy atom. The summed E-state index contributed by atoms with van der Waals surface area (Å²) in [6.45, 7) is 4.88. The number of rotatable bonds is 3. The topological polar surface area (TPSA) is 43.0 Å². The van der Waals surface area contributed by atoms with Crippen LogP contribution in [0.3, 0.4) is 0 Å². The predicted molar refractivity (Wildman–Crippen MR) is 60.6 cm³/mol. The highest BCUT2D eigenvalue weighted by Crippen LogP contribution is 2.21. The summed E-state index contributed by atoms with van der Waals surface area (Å²) in [5.41, 5.74) is 0.134. The molecule has 90 valence electrons. The van der Waals surface area contributed by atoms with Crippen LogP contribution in [0, 0.1) is 0 Å². The molecule has 0 aromatic carbocycles. The first-order valence-electron chi connectivity index (χ1n) is 5.29. The summed E-state index contributed by atoms with van der Waals surface area (Å²) in [7, 11) is 3.08. The molecular weight excluding hydrogens is 212 g/mol. The van der Waals surface area contributed by atoms with E-state index in [4.69, 9.17) is 14.0 Å². The van der Waals surface area contributed by atoms with Crippen LogP contribution >= 0.6 is 0 Å². The first kappa shape index (κ1) is 13.1. The van der Waals surface area contributed by atoms with Gasteiger partial charge in [-0.25, -0.2) is 0 Å². The lowest BCUT2D eigenvalue weighted by Crippen LogP contribution is -2.64.